The van der Waals surface area contributed by atoms with Crippen molar-refractivity contribution in [1.29, 1.82) is 5.26 Å². The van der Waals surface area contributed by atoms with Crippen LogP contribution in [0.2, 0.25) is 5.02 Å². The fraction of sp³-hybridized carbons (Fsp3) is 0.217. The number of methoxy groups -OCH3 is 1. The Labute approximate surface area is 184 Å². The van der Waals surface area contributed by atoms with Gasteiger partial charge in [-0.2, -0.15) is 5.26 Å². The monoisotopic (exact) mass is 440 g/mol. The van der Waals surface area contributed by atoms with Gasteiger partial charge in [-0.15, -0.1) is 11.3 Å². The first-order valence-electron chi connectivity index (χ1n) is 9.40. The molecule has 0 fully saturated rings. The van der Waals surface area contributed by atoms with Crippen LogP contribution >= 0.6 is 22.9 Å². The Balaban J connectivity index is 1.55. The third-order valence-electron chi connectivity index (χ3n) is 4.43. The maximum Gasteiger partial charge on any atom is 0.220 e. The molecule has 0 radical (unpaired) electrons. The minimum absolute atomic E-state index is 0.0567. The minimum atomic E-state index is -0.214. The number of nitrogens with one attached hydrogen (secondary N) is 1. The molecular weight excluding hydrogens is 420 g/mol. The molecule has 1 N–H and O–H groups in total. The minimum Gasteiger partial charge on any atom is -0.493 e. The smallest absolute Gasteiger partial charge is 0.220 e. The molecule has 0 saturated heterocycles. The standard InChI is InChI=1S/C23H21ClN2O3S/c1-28-20-14-16(15-25)6-11-19(20)29-12-2-5-22(27)26-23(21-4-3-13-30-21)17-7-9-18(24)10-8-17/h3-4,6-11,13-14,23H,2,5,12H2,1H3,(H,26,27). The lowest BCUT2D eigenvalue weighted by Crippen LogP contribution is -2.28. The van der Waals surface area contributed by atoms with Crippen LogP contribution in [0.3, 0.4) is 0 Å². The van der Waals surface area contributed by atoms with Crippen molar-refractivity contribution in [3.8, 4) is 17.6 Å². The van der Waals surface area contributed by atoms with Gasteiger partial charge in [0.05, 0.1) is 31.4 Å². The highest BCUT2D eigenvalue weighted by molar-refractivity contribution is 7.10. The summed E-state index contributed by atoms with van der Waals surface area (Å²) in [4.78, 5) is 13.6. The molecule has 3 rings (SSSR count). The summed E-state index contributed by atoms with van der Waals surface area (Å²) in [5.41, 5.74) is 1.48. The molecule has 30 heavy (non-hydrogen) atoms. The average molecular weight is 441 g/mol. The first-order valence-corrected chi connectivity index (χ1v) is 10.7. The van der Waals surface area contributed by atoms with Gasteiger partial charge in [-0.25, -0.2) is 0 Å². The van der Waals surface area contributed by atoms with Crippen LogP contribution in [-0.4, -0.2) is 19.6 Å². The molecule has 0 saturated carbocycles. The van der Waals surface area contributed by atoms with Crippen LogP contribution in [0.25, 0.3) is 0 Å². The normalized spacial score (nSPS) is 11.4. The number of nitriles is 1. The predicted octanol–water partition coefficient (Wildman–Crippen LogP) is 5.35. The Hall–Kier alpha value is -3.01. The van der Waals surface area contributed by atoms with Crippen LogP contribution < -0.4 is 14.8 Å². The number of ether oxygens (including phenoxy) is 2. The lowest BCUT2D eigenvalue weighted by atomic mass is 10.1. The predicted molar refractivity (Wildman–Crippen MR) is 118 cm³/mol. The van der Waals surface area contributed by atoms with E-state index in [0.29, 0.717) is 41.5 Å². The van der Waals surface area contributed by atoms with Crippen molar-refractivity contribution in [1.82, 2.24) is 5.32 Å². The summed E-state index contributed by atoms with van der Waals surface area (Å²) in [7, 11) is 1.53. The second-order valence-corrected chi connectivity index (χ2v) is 7.91. The second-order valence-electron chi connectivity index (χ2n) is 6.50. The van der Waals surface area contributed by atoms with Crippen molar-refractivity contribution in [3.05, 3.63) is 81.0 Å². The molecule has 1 aromatic heterocycles. The molecular formula is C23H21ClN2O3S. The number of amides is 1. The molecule has 0 bridgehead atoms. The second kappa shape index (κ2) is 10.7. The van der Waals surface area contributed by atoms with E-state index in [2.05, 4.69) is 11.4 Å². The zero-order valence-electron chi connectivity index (χ0n) is 16.4. The van der Waals surface area contributed by atoms with Gasteiger partial charge in [0.2, 0.25) is 5.91 Å². The maximum absolute atomic E-state index is 12.6. The van der Waals surface area contributed by atoms with Gasteiger partial charge in [-0.1, -0.05) is 29.8 Å². The number of nitrogens with zero attached hydrogens (tertiary/aromatic N) is 1. The number of carbonyl (C=O) groups is 1. The fourth-order valence-electron chi connectivity index (χ4n) is 2.93. The van der Waals surface area contributed by atoms with Gasteiger partial charge in [-0.05, 0) is 47.7 Å². The Kier molecular flexibility index (Phi) is 7.72. The van der Waals surface area contributed by atoms with Crippen molar-refractivity contribution >= 4 is 28.8 Å². The molecule has 3 aromatic rings. The number of halogens is 1. The number of thiophene rings is 1. The summed E-state index contributed by atoms with van der Waals surface area (Å²) in [5, 5.41) is 14.7. The van der Waals surface area contributed by atoms with Crippen molar-refractivity contribution in [2.75, 3.05) is 13.7 Å². The van der Waals surface area contributed by atoms with Crippen molar-refractivity contribution in [3.63, 3.8) is 0 Å². The van der Waals surface area contributed by atoms with Crippen LogP contribution in [0.1, 0.15) is 34.9 Å². The van der Waals surface area contributed by atoms with E-state index in [1.54, 1.807) is 29.5 Å². The molecule has 0 aliphatic carbocycles. The summed E-state index contributed by atoms with van der Waals surface area (Å²) < 4.78 is 11.0. The Morgan fingerprint density at radius 3 is 2.67 bits per heavy atom. The lowest BCUT2D eigenvalue weighted by molar-refractivity contribution is -0.121. The van der Waals surface area contributed by atoms with E-state index >= 15 is 0 Å². The van der Waals surface area contributed by atoms with Gasteiger partial charge < -0.3 is 14.8 Å². The van der Waals surface area contributed by atoms with Gasteiger partial charge in [0, 0.05) is 22.4 Å². The van der Waals surface area contributed by atoms with Crippen LogP contribution in [0, 0.1) is 11.3 Å². The van der Waals surface area contributed by atoms with E-state index < -0.39 is 0 Å². The third kappa shape index (κ3) is 5.76. The highest BCUT2D eigenvalue weighted by atomic mass is 35.5. The van der Waals surface area contributed by atoms with Gasteiger partial charge in [-0.3, -0.25) is 4.79 Å². The quantitative estimate of drug-likeness (QED) is 0.455. The maximum atomic E-state index is 12.6. The summed E-state index contributed by atoms with van der Waals surface area (Å²) in [6, 6.07) is 18.3. The van der Waals surface area contributed by atoms with Crippen LogP contribution in [0.4, 0.5) is 0 Å². The highest BCUT2D eigenvalue weighted by Gasteiger charge is 2.18. The lowest BCUT2D eigenvalue weighted by Gasteiger charge is -2.18. The SMILES string of the molecule is COc1cc(C#N)ccc1OCCCC(=O)NC(c1ccc(Cl)cc1)c1cccs1. The molecule has 0 spiro atoms. The molecule has 154 valence electrons. The molecule has 7 heteroatoms. The number of hydrogen-bond donors (Lipinski definition) is 1. The summed E-state index contributed by atoms with van der Waals surface area (Å²) in [6.07, 6.45) is 0.876. The number of carbonyl (C=O) groups excluding carboxylic acids is 1. The highest BCUT2D eigenvalue weighted by Crippen LogP contribution is 2.29. The topological polar surface area (TPSA) is 71.3 Å². The zero-order valence-corrected chi connectivity index (χ0v) is 18.0. The van der Waals surface area contributed by atoms with E-state index in [-0.39, 0.29) is 11.9 Å². The molecule has 0 aliphatic rings. The van der Waals surface area contributed by atoms with E-state index in [4.69, 9.17) is 26.3 Å². The van der Waals surface area contributed by atoms with Crippen LogP contribution in [0.5, 0.6) is 11.5 Å². The van der Waals surface area contributed by atoms with Gasteiger partial charge >= 0.3 is 0 Å². The van der Waals surface area contributed by atoms with Crippen molar-refractivity contribution in [2.24, 2.45) is 0 Å². The number of hydrogen-bond acceptors (Lipinski definition) is 5. The van der Waals surface area contributed by atoms with Crippen LogP contribution in [-0.2, 0) is 4.79 Å². The zero-order chi connectivity index (χ0) is 21.3. The molecule has 5 nitrogen and oxygen atoms in total. The van der Waals surface area contributed by atoms with E-state index in [1.807, 2.05) is 41.8 Å². The van der Waals surface area contributed by atoms with Gasteiger partial charge in [0.1, 0.15) is 0 Å². The van der Waals surface area contributed by atoms with E-state index in [0.717, 1.165) is 10.4 Å². The van der Waals surface area contributed by atoms with E-state index in [1.165, 1.54) is 7.11 Å². The molecule has 1 amide bonds. The first-order chi connectivity index (χ1) is 14.6. The Morgan fingerprint density at radius 1 is 1.20 bits per heavy atom. The average Bonchev–Trinajstić information content (AvgIpc) is 3.30. The number of benzene rings is 2. The molecule has 0 aliphatic heterocycles. The van der Waals surface area contributed by atoms with Gasteiger partial charge in [0.15, 0.2) is 11.5 Å². The fourth-order valence-corrected chi connectivity index (χ4v) is 3.86. The third-order valence-corrected chi connectivity index (χ3v) is 5.62. The Morgan fingerprint density at radius 2 is 2.00 bits per heavy atom. The largest absolute Gasteiger partial charge is 0.493 e. The van der Waals surface area contributed by atoms with E-state index in [9.17, 15) is 4.79 Å². The first kappa shape index (κ1) is 21.7. The number of rotatable bonds is 9. The van der Waals surface area contributed by atoms with Gasteiger partial charge in [0.25, 0.3) is 0 Å². The molecule has 1 atom stereocenters. The molecule has 1 heterocycles. The van der Waals surface area contributed by atoms with Crippen molar-refractivity contribution < 1.29 is 14.3 Å². The summed E-state index contributed by atoms with van der Waals surface area (Å²) in [6.45, 7) is 0.361. The summed E-state index contributed by atoms with van der Waals surface area (Å²) in [5.74, 6) is 0.993. The van der Waals surface area contributed by atoms with Crippen molar-refractivity contribution in [2.45, 2.75) is 18.9 Å². The molecule has 1 unspecified atom stereocenters. The Bertz CT molecular complexity index is 1010. The van der Waals surface area contributed by atoms with Crippen LogP contribution in [0.15, 0.2) is 60.0 Å². The molecule has 2 aromatic carbocycles. The summed E-state index contributed by atoms with van der Waals surface area (Å²) >= 11 is 7.59.